The van der Waals surface area contributed by atoms with Crippen molar-refractivity contribution in [2.75, 3.05) is 27.3 Å². The number of rotatable bonds is 6. The number of ether oxygens (including phenoxy) is 2. The topological polar surface area (TPSA) is 79.2 Å². The summed E-state index contributed by atoms with van der Waals surface area (Å²) >= 11 is 0. The number of nitrogens with zero attached hydrogens (tertiary/aromatic N) is 1. The Morgan fingerprint density at radius 3 is 2.33 bits per heavy atom. The van der Waals surface area contributed by atoms with Gasteiger partial charge in [-0.1, -0.05) is 13.8 Å². The van der Waals surface area contributed by atoms with Gasteiger partial charge in [-0.15, -0.1) is 0 Å². The van der Waals surface area contributed by atoms with Crippen molar-refractivity contribution in [2.45, 2.75) is 71.4 Å². The van der Waals surface area contributed by atoms with Crippen LogP contribution in [0.3, 0.4) is 0 Å². The lowest BCUT2D eigenvalue weighted by atomic mass is 9.81. The zero-order chi connectivity index (χ0) is 22.5. The van der Waals surface area contributed by atoms with Gasteiger partial charge in [0.15, 0.2) is 11.5 Å². The Morgan fingerprint density at radius 1 is 1.20 bits per heavy atom. The largest absolute Gasteiger partial charge is 0.493 e. The molecule has 1 aromatic carbocycles. The average molecular weight is 422 g/mol. The molecule has 1 aromatic rings. The van der Waals surface area contributed by atoms with Gasteiger partial charge in [0.2, 0.25) is 0 Å². The Morgan fingerprint density at radius 2 is 1.83 bits per heavy atom. The highest BCUT2D eigenvalue weighted by atomic mass is 16.5. The minimum Gasteiger partial charge on any atom is -0.493 e. The quantitative estimate of drug-likeness (QED) is 0.713. The molecular weight excluding hydrogens is 382 g/mol. The number of hydrogen-bond donors (Lipinski definition) is 2. The second-order valence-corrected chi connectivity index (χ2v) is 9.62. The van der Waals surface area contributed by atoms with Gasteiger partial charge in [0, 0.05) is 19.1 Å². The number of carbonyl (C=O) groups is 1. The maximum Gasteiger partial charge on any atom is 0.306 e. The van der Waals surface area contributed by atoms with Gasteiger partial charge in [0.1, 0.15) is 0 Å². The van der Waals surface area contributed by atoms with Crippen molar-refractivity contribution in [1.29, 1.82) is 0 Å². The van der Waals surface area contributed by atoms with E-state index in [0.717, 1.165) is 29.8 Å². The zero-order valence-corrected chi connectivity index (χ0v) is 19.4. The van der Waals surface area contributed by atoms with Crippen molar-refractivity contribution < 1.29 is 24.5 Å². The number of carboxylic acid groups (broad SMARTS) is 1. The Hall–Kier alpha value is -1.79. The molecule has 3 rings (SSSR count). The van der Waals surface area contributed by atoms with Crippen LogP contribution >= 0.6 is 0 Å². The smallest absolute Gasteiger partial charge is 0.306 e. The first-order valence-corrected chi connectivity index (χ1v) is 11.0. The van der Waals surface area contributed by atoms with Gasteiger partial charge in [-0.2, -0.15) is 0 Å². The Balaban J connectivity index is 0.000000343. The minimum atomic E-state index is -1.08. The van der Waals surface area contributed by atoms with E-state index in [9.17, 15) is 4.79 Å². The van der Waals surface area contributed by atoms with Crippen LogP contribution in [0.25, 0.3) is 0 Å². The molecule has 0 spiro atoms. The molecule has 1 saturated heterocycles. The third-order valence-electron chi connectivity index (χ3n) is 5.84. The predicted molar refractivity (Wildman–Crippen MR) is 118 cm³/mol. The summed E-state index contributed by atoms with van der Waals surface area (Å²) < 4.78 is 11.0. The van der Waals surface area contributed by atoms with Gasteiger partial charge in [-0.3, -0.25) is 9.69 Å². The fourth-order valence-electron chi connectivity index (χ4n) is 4.68. The number of piperidine rings is 1. The number of carboxylic acids is 1. The van der Waals surface area contributed by atoms with E-state index >= 15 is 0 Å². The van der Waals surface area contributed by atoms with Gasteiger partial charge in [0.05, 0.1) is 26.2 Å². The van der Waals surface area contributed by atoms with E-state index in [1.54, 1.807) is 14.2 Å². The van der Waals surface area contributed by atoms with E-state index in [-0.39, 0.29) is 6.42 Å². The number of benzene rings is 1. The summed E-state index contributed by atoms with van der Waals surface area (Å²) in [6.07, 6.45) is 4.92. The molecule has 2 N–H and O–H groups in total. The van der Waals surface area contributed by atoms with Crippen molar-refractivity contribution in [1.82, 2.24) is 4.90 Å². The molecule has 2 aliphatic heterocycles. The average Bonchev–Trinajstić information content (AvgIpc) is 2.64. The summed E-state index contributed by atoms with van der Waals surface area (Å²) in [7, 11) is 3.45. The number of aliphatic hydroxyl groups is 1. The van der Waals surface area contributed by atoms with Crippen LogP contribution in [0.2, 0.25) is 0 Å². The molecule has 2 heterocycles. The monoisotopic (exact) mass is 421 g/mol. The van der Waals surface area contributed by atoms with Crippen LogP contribution in [0.5, 0.6) is 11.5 Å². The molecule has 0 amide bonds. The molecule has 6 heteroatoms. The van der Waals surface area contributed by atoms with Gasteiger partial charge in [-0.05, 0) is 74.6 Å². The summed E-state index contributed by atoms with van der Waals surface area (Å²) in [5, 5.41) is 16.9. The van der Waals surface area contributed by atoms with Crippen LogP contribution in [-0.2, 0) is 11.2 Å². The van der Waals surface area contributed by atoms with Crippen LogP contribution in [0.4, 0.5) is 0 Å². The molecule has 2 unspecified atom stereocenters. The van der Waals surface area contributed by atoms with Crippen molar-refractivity contribution in [3.8, 4) is 11.5 Å². The number of hydrogen-bond acceptors (Lipinski definition) is 5. The van der Waals surface area contributed by atoms with Crippen molar-refractivity contribution in [3.63, 3.8) is 0 Å². The lowest BCUT2D eigenvalue weighted by Crippen LogP contribution is -2.42. The van der Waals surface area contributed by atoms with Crippen LogP contribution < -0.4 is 9.47 Å². The molecule has 0 aliphatic carbocycles. The molecule has 2 aliphatic rings. The molecule has 2 atom stereocenters. The molecule has 0 aromatic heterocycles. The lowest BCUT2D eigenvalue weighted by Gasteiger charge is -2.44. The van der Waals surface area contributed by atoms with Crippen LogP contribution in [-0.4, -0.2) is 54.0 Å². The normalized spacial score (nSPS) is 21.2. The van der Waals surface area contributed by atoms with Crippen LogP contribution in [0.15, 0.2) is 12.1 Å². The van der Waals surface area contributed by atoms with Gasteiger partial charge in [-0.25, -0.2) is 0 Å². The fourth-order valence-corrected chi connectivity index (χ4v) is 4.68. The Bertz CT molecular complexity index is 710. The number of methoxy groups -OCH3 is 2. The molecule has 0 saturated carbocycles. The summed E-state index contributed by atoms with van der Waals surface area (Å²) in [4.78, 5) is 12.6. The molecule has 0 radical (unpaired) electrons. The van der Waals surface area contributed by atoms with E-state index in [1.807, 2.05) is 0 Å². The molecule has 1 fully saturated rings. The summed E-state index contributed by atoms with van der Waals surface area (Å²) in [6.45, 7) is 10.0. The first-order chi connectivity index (χ1) is 14.0. The maximum absolute atomic E-state index is 9.85. The van der Waals surface area contributed by atoms with Gasteiger partial charge >= 0.3 is 5.97 Å². The predicted octanol–water partition coefficient (Wildman–Crippen LogP) is 4.29. The number of aliphatic carboxylic acids is 1. The fraction of sp³-hybridized carbons (Fsp3) is 0.708. The third-order valence-corrected chi connectivity index (χ3v) is 5.84. The van der Waals surface area contributed by atoms with Crippen LogP contribution in [0.1, 0.15) is 70.5 Å². The minimum absolute atomic E-state index is 0.201. The third kappa shape index (κ3) is 6.88. The number of fused-ring (bicyclic) bond motifs is 3. The second-order valence-electron chi connectivity index (χ2n) is 9.62. The highest BCUT2D eigenvalue weighted by molar-refractivity contribution is 5.67. The summed E-state index contributed by atoms with van der Waals surface area (Å²) in [5.41, 5.74) is 1.83. The van der Waals surface area contributed by atoms with E-state index in [1.165, 1.54) is 57.3 Å². The Kier molecular flexibility index (Phi) is 8.56. The molecule has 6 nitrogen and oxygen atoms in total. The van der Waals surface area contributed by atoms with Gasteiger partial charge in [0.25, 0.3) is 0 Å². The second kappa shape index (κ2) is 10.5. The zero-order valence-electron chi connectivity index (χ0n) is 19.4. The first kappa shape index (κ1) is 24.5. The van der Waals surface area contributed by atoms with E-state index in [2.05, 4.69) is 30.9 Å². The van der Waals surface area contributed by atoms with Gasteiger partial charge < -0.3 is 19.7 Å². The molecule has 0 bridgehead atoms. The van der Waals surface area contributed by atoms with Crippen molar-refractivity contribution in [3.05, 3.63) is 23.3 Å². The SMILES string of the molecule is CC(C)(O)CC(=O)O.COc1cc2c(cc1OC)C1CCC(CC(C)C)CN1CC2. The van der Waals surface area contributed by atoms with Crippen molar-refractivity contribution in [2.24, 2.45) is 11.8 Å². The standard InChI is InChI=1S/C19H29NO2.C5H10O3/c1-13(2)9-14-5-6-17-16-11-19(22-4)18(21-3)10-15(16)7-8-20(17)12-14;1-5(2,8)3-4(6)7/h10-11,13-14,17H,5-9,12H2,1-4H3;8H,3H2,1-2H3,(H,6,7). The van der Waals surface area contributed by atoms with E-state index in [0.29, 0.717) is 6.04 Å². The molecular formula is C24H39NO5. The van der Waals surface area contributed by atoms with E-state index in [4.69, 9.17) is 19.7 Å². The Labute approximate surface area is 181 Å². The lowest BCUT2D eigenvalue weighted by molar-refractivity contribution is -0.141. The maximum atomic E-state index is 9.85. The highest BCUT2D eigenvalue weighted by Crippen LogP contribution is 2.43. The molecule has 170 valence electrons. The van der Waals surface area contributed by atoms with Crippen molar-refractivity contribution >= 4 is 5.97 Å². The summed E-state index contributed by atoms with van der Waals surface area (Å²) in [6, 6.07) is 4.98. The van der Waals surface area contributed by atoms with Crippen LogP contribution in [0, 0.1) is 11.8 Å². The first-order valence-electron chi connectivity index (χ1n) is 11.0. The summed E-state index contributed by atoms with van der Waals surface area (Å²) in [5.74, 6) is 2.44. The molecule has 30 heavy (non-hydrogen) atoms. The highest BCUT2D eigenvalue weighted by Gasteiger charge is 2.34. The van der Waals surface area contributed by atoms with E-state index < -0.39 is 11.6 Å².